The fourth-order valence-electron chi connectivity index (χ4n) is 4.75. The lowest BCUT2D eigenvalue weighted by molar-refractivity contribution is -0.122. The highest BCUT2D eigenvalue weighted by atomic mass is 16.3. The molecule has 0 saturated heterocycles. The van der Waals surface area contributed by atoms with Crippen molar-refractivity contribution >= 4 is 17.5 Å². The molecule has 0 fully saturated rings. The van der Waals surface area contributed by atoms with E-state index in [-0.39, 0.29) is 17.9 Å². The van der Waals surface area contributed by atoms with E-state index in [4.69, 9.17) is 0 Å². The smallest absolute Gasteiger partial charge is 0.216 e. The Morgan fingerprint density at radius 1 is 0.568 bits per heavy atom. The van der Waals surface area contributed by atoms with Gasteiger partial charge in [-0.05, 0) is 32.1 Å². The van der Waals surface area contributed by atoms with Crippen LogP contribution in [0.1, 0.15) is 168 Å². The molecule has 1 unspecified atom stereocenters. The Morgan fingerprint density at radius 3 is 1.49 bits per heavy atom. The van der Waals surface area contributed by atoms with Crippen molar-refractivity contribution in [2.45, 2.75) is 175 Å². The Hall–Kier alpha value is -1.23. The first-order valence-corrected chi connectivity index (χ1v) is 15.8. The zero-order valence-corrected chi connectivity index (χ0v) is 24.8. The molecule has 218 valence electrons. The summed E-state index contributed by atoms with van der Waals surface area (Å²) >= 11 is 0. The van der Waals surface area contributed by atoms with Gasteiger partial charge in [-0.1, -0.05) is 110 Å². The first-order valence-electron chi connectivity index (χ1n) is 15.8. The molecule has 0 aromatic carbocycles. The van der Waals surface area contributed by atoms with Gasteiger partial charge in [-0.3, -0.25) is 14.4 Å². The monoisotopic (exact) mass is 523 g/mol. The van der Waals surface area contributed by atoms with Crippen LogP contribution in [0, 0.1) is 5.92 Å². The van der Waals surface area contributed by atoms with Crippen molar-refractivity contribution in [3.05, 3.63) is 0 Å². The van der Waals surface area contributed by atoms with Crippen LogP contribution < -0.4 is 5.32 Å². The number of hydrogen-bond donors (Lipinski definition) is 2. The highest BCUT2D eigenvalue weighted by Gasteiger charge is 2.09. The number of Topliss-reactive ketones (excluding diaryl/α,β-unsaturated/α-hetero) is 2. The van der Waals surface area contributed by atoms with E-state index in [1.165, 1.54) is 83.5 Å². The molecule has 37 heavy (non-hydrogen) atoms. The van der Waals surface area contributed by atoms with Gasteiger partial charge in [0.2, 0.25) is 5.91 Å². The van der Waals surface area contributed by atoms with E-state index in [2.05, 4.69) is 5.32 Å². The Bertz CT molecular complexity index is 561. The van der Waals surface area contributed by atoms with E-state index in [9.17, 15) is 19.5 Å². The van der Waals surface area contributed by atoms with Crippen molar-refractivity contribution in [2.24, 2.45) is 5.92 Å². The molecule has 0 saturated carbocycles. The molecule has 0 aliphatic rings. The summed E-state index contributed by atoms with van der Waals surface area (Å²) in [6, 6.07) is 0. The largest absolute Gasteiger partial charge is 0.393 e. The summed E-state index contributed by atoms with van der Waals surface area (Å²) in [5.74, 6) is 0.947. The highest BCUT2D eigenvalue weighted by Crippen LogP contribution is 2.15. The number of amides is 1. The maximum Gasteiger partial charge on any atom is 0.216 e. The highest BCUT2D eigenvalue weighted by molar-refractivity contribution is 5.80. The Kier molecular flexibility index (Phi) is 25.5. The number of unbranched alkanes of at least 4 members (excludes halogenated alkanes) is 16. The number of hydrogen-bond acceptors (Lipinski definition) is 4. The Labute approximate surface area is 229 Å². The fourth-order valence-corrected chi connectivity index (χ4v) is 4.75. The molecule has 0 aliphatic heterocycles. The third kappa shape index (κ3) is 27.6. The predicted molar refractivity (Wildman–Crippen MR) is 156 cm³/mol. The second-order valence-corrected chi connectivity index (χ2v) is 11.5. The average Bonchev–Trinajstić information content (AvgIpc) is 2.86. The van der Waals surface area contributed by atoms with Crippen LogP contribution in [0.25, 0.3) is 0 Å². The maximum absolute atomic E-state index is 12.1. The fraction of sp³-hybridized carbons (Fsp3) is 0.906. The molecule has 1 amide bonds. The lowest BCUT2D eigenvalue weighted by Crippen LogP contribution is -2.20. The molecule has 0 spiro atoms. The molecular formula is C32H61NO4. The predicted octanol–water partition coefficient (Wildman–Crippen LogP) is 8.25. The number of carbonyl (C=O) groups is 3. The Balaban J connectivity index is 3.34. The van der Waals surface area contributed by atoms with Crippen LogP contribution in [-0.4, -0.2) is 35.2 Å². The maximum atomic E-state index is 12.1. The van der Waals surface area contributed by atoms with Crippen molar-refractivity contribution in [1.82, 2.24) is 5.32 Å². The first kappa shape index (κ1) is 35.8. The molecule has 0 rings (SSSR count). The molecule has 1 atom stereocenters. The van der Waals surface area contributed by atoms with E-state index in [1.54, 1.807) is 6.92 Å². The lowest BCUT2D eigenvalue weighted by atomic mass is 10.00. The molecule has 2 N–H and O–H groups in total. The summed E-state index contributed by atoms with van der Waals surface area (Å²) in [5.41, 5.74) is 0. The summed E-state index contributed by atoms with van der Waals surface area (Å²) < 4.78 is 0. The number of aliphatic hydroxyl groups excluding tert-OH is 1. The molecule has 0 radical (unpaired) electrons. The second kappa shape index (κ2) is 26.4. The van der Waals surface area contributed by atoms with Crippen LogP contribution in [0.15, 0.2) is 0 Å². The van der Waals surface area contributed by atoms with Gasteiger partial charge in [0, 0.05) is 38.6 Å². The SMILES string of the molecule is CC(=O)NCCCCCCCCCCCC(=O)CCC(O)CCCCCCCCCCCC(=O)C(C)C. The zero-order valence-electron chi connectivity index (χ0n) is 24.8. The van der Waals surface area contributed by atoms with Gasteiger partial charge in [0.05, 0.1) is 6.10 Å². The third-order valence-electron chi connectivity index (χ3n) is 7.37. The topological polar surface area (TPSA) is 83.5 Å². The minimum Gasteiger partial charge on any atom is -0.393 e. The third-order valence-corrected chi connectivity index (χ3v) is 7.37. The zero-order chi connectivity index (χ0) is 27.6. The van der Waals surface area contributed by atoms with E-state index < -0.39 is 0 Å². The molecular weight excluding hydrogens is 462 g/mol. The van der Waals surface area contributed by atoms with Gasteiger partial charge < -0.3 is 10.4 Å². The van der Waals surface area contributed by atoms with Crippen LogP contribution in [0.4, 0.5) is 0 Å². The average molecular weight is 524 g/mol. The van der Waals surface area contributed by atoms with Crippen molar-refractivity contribution in [3.63, 3.8) is 0 Å². The normalized spacial score (nSPS) is 12.1. The van der Waals surface area contributed by atoms with Gasteiger partial charge in [0.15, 0.2) is 0 Å². The van der Waals surface area contributed by atoms with Crippen molar-refractivity contribution in [3.8, 4) is 0 Å². The van der Waals surface area contributed by atoms with Crippen molar-refractivity contribution in [1.29, 1.82) is 0 Å². The molecule has 5 nitrogen and oxygen atoms in total. The second-order valence-electron chi connectivity index (χ2n) is 11.5. The van der Waals surface area contributed by atoms with Gasteiger partial charge in [-0.25, -0.2) is 0 Å². The van der Waals surface area contributed by atoms with Crippen molar-refractivity contribution in [2.75, 3.05) is 6.54 Å². The van der Waals surface area contributed by atoms with Crippen LogP contribution in [0.5, 0.6) is 0 Å². The van der Waals surface area contributed by atoms with E-state index in [0.717, 1.165) is 51.5 Å². The van der Waals surface area contributed by atoms with Crippen LogP contribution in [0.2, 0.25) is 0 Å². The minimum atomic E-state index is -0.323. The van der Waals surface area contributed by atoms with Crippen LogP contribution in [-0.2, 0) is 14.4 Å². The summed E-state index contributed by atoms with van der Waals surface area (Å²) in [4.78, 5) is 34.5. The summed E-state index contributed by atoms with van der Waals surface area (Å²) in [6.07, 6.45) is 24.4. The minimum absolute atomic E-state index is 0.0580. The number of nitrogens with one attached hydrogen (secondary N) is 1. The van der Waals surface area contributed by atoms with Crippen molar-refractivity contribution < 1.29 is 19.5 Å². The van der Waals surface area contributed by atoms with Crippen LogP contribution in [0.3, 0.4) is 0 Å². The molecule has 0 aromatic heterocycles. The van der Waals surface area contributed by atoms with Gasteiger partial charge in [-0.2, -0.15) is 0 Å². The number of aliphatic hydroxyl groups is 1. The summed E-state index contributed by atoms with van der Waals surface area (Å²) in [6.45, 7) is 6.32. The number of ketones is 2. The quantitative estimate of drug-likeness (QED) is 0.101. The molecule has 5 heteroatoms. The molecule has 0 heterocycles. The summed E-state index contributed by atoms with van der Waals surface area (Å²) in [7, 11) is 0. The van der Waals surface area contributed by atoms with E-state index >= 15 is 0 Å². The standard InChI is InChI=1S/C32H61NO4/c1-28(2)32(37)24-20-16-12-8-4-6-10-14-18-22-30(35)25-26-31(36)23-19-15-11-7-5-9-13-17-21-27-33-29(3)34/h28,30,35H,4-27H2,1-3H3,(H,33,34). The lowest BCUT2D eigenvalue weighted by Gasteiger charge is -2.10. The summed E-state index contributed by atoms with van der Waals surface area (Å²) in [5, 5.41) is 13.0. The van der Waals surface area contributed by atoms with Gasteiger partial charge in [0.1, 0.15) is 11.6 Å². The Morgan fingerprint density at radius 2 is 1.00 bits per heavy atom. The van der Waals surface area contributed by atoms with Crippen LogP contribution >= 0.6 is 0 Å². The molecule has 0 aliphatic carbocycles. The van der Waals surface area contributed by atoms with Gasteiger partial charge >= 0.3 is 0 Å². The first-order chi connectivity index (χ1) is 17.8. The van der Waals surface area contributed by atoms with E-state index in [1.807, 2.05) is 13.8 Å². The number of carbonyl (C=O) groups excluding carboxylic acids is 3. The van der Waals surface area contributed by atoms with Gasteiger partial charge in [0.25, 0.3) is 0 Å². The number of rotatable bonds is 28. The van der Waals surface area contributed by atoms with E-state index in [0.29, 0.717) is 30.8 Å². The van der Waals surface area contributed by atoms with Gasteiger partial charge in [-0.15, -0.1) is 0 Å². The molecule has 0 bridgehead atoms. The molecule has 0 aromatic rings.